The van der Waals surface area contributed by atoms with E-state index in [2.05, 4.69) is 15.5 Å². The Morgan fingerprint density at radius 1 is 1.11 bits per heavy atom. The van der Waals surface area contributed by atoms with Gasteiger partial charge in [0.2, 0.25) is 0 Å². The molecule has 0 radical (unpaired) electrons. The quantitative estimate of drug-likeness (QED) is 0.642. The number of anilines is 1. The minimum Gasteiger partial charge on any atom is -0.322 e. The number of amides is 1. The highest BCUT2D eigenvalue weighted by atomic mass is 16.6. The van der Waals surface area contributed by atoms with Gasteiger partial charge in [0, 0.05) is 43.5 Å². The van der Waals surface area contributed by atoms with Crippen LogP contribution in [0.2, 0.25) is 0 Å². The fraction of sp³-hybridized carbons (Fsp3) is 0.350. The Morgan fingerprint density at radius 2 is 1.81 bits per heavy atom. The number of nitrogens with zero attached hydrogens (tertiary/aromatic N) is 2. The van der Waals surface area contributed by atoms with Crippen molar-refractivity contribution in [1.82, 2.24) is 10.2 Å². The summed E-state index contributed by atoms with van der Waals surface area (Å²) in [5.74, 6) is -0.478. The zero-order chi connectivity index (χ0) is 18.8. The maximum absolute atomic E-state index is 12.4. The van der Waals surface area contributed by atoms with Crippen LogP contribution in [0.4, 0.5) is 11.4 Å². The van der Waals surface area contributed by atoms with Crippen LogP contribution in [0.3, 0.4) is 0 Å². The number of carbonyl (C=O) groups excluding carboxylic acids is 1. The summed E-state index contributed by atoms with van der Waals surface area (Å²) in [6, 6.07) is 14.7. The molecule has 1 amide bonds. The lowest BCUT2D eigenvalue weighted by molar-refractivity contribution is -0.385. The van der Waals surface area contributed by atoms with Crippen LogP contribution in [0.1, 0.15) is 34.8 Å². The molecule has 3 fully saturated rings. The zero-order valence-corrected chi connectivity index (χ0v) is 14.9. The average Bonchev–Trinajstić information content (AvgIpc) is 3.02. The third kappa shape index (κ3) is 3.70. The second-order valence-electron chi connectivity index (χ2n) is 7.08. The molecular formula is C20H22N4O3. The average molecular weight is 366 g/mol. The number of piperidine rings is 1. The number of hydrogen-bond acceptors (Lipinski definition) is 5. The van der Waals surface area contributed by atoms with Crippen LogP contribution in [0, 0.1) is 10.1 Å². The van der Waals surface area contributed by atoms with Crippen LogP contribution < -0.4 is 10.6 Å². The molecule has 3 saturated heterocycles. The number of fused-ring (bicyclic) bond motifs is 4. The van der Waals surface area contributed by atoms with Gasteiger partial charge in [0.1, 0.15) is 5.56 Å². The van der Waals surface area contributed by atoms with Crippen molar-refractivity contribution in [1.29, 1.82) is 0 Å². The number of nitrogens with one attached hydrogen (secondary N) is 2. The van der Waals surface area contributed by atoms with E-state index >= 15 is 0 Å². The molecule has 2 aromatic rings. The summed E-state index contributed by atoms with van der Waals surface area (Å²) in [4.78, 5) is 25.5. The summed E-state index contributed by atoms with van der Waals surface area (Å²) < 4.78 is 0. The maximum Gasteiger partial charge on any atom is 0.282 e. The monoisotopic (exact) mass is 366 g/mol. The van der Waals surface area contributed by atoms with Crippen molar-refractivity contribution in [2.24, 2.45) is 0 Å². The van der Waals surface area contributed by atoms with Gasteiger partial charge in [-0.2, -0.15) is 0 Å². The summed E-state index contributed by atoms with van der Waals surface area (Å²) in [5.41, 5.74) is 1.71. The number of benzene rings is 2. The van der Waals surface area contributed by atoms with E-state index in [1.165, 1.54) is 30.5 Å². The van der Waals surface area contributed by atoms with E-state index < -0.39 is 10.8 Å². The number of carbonyl (C=O) groups is 1. The first-order chi connectivity index (χ1) is 13.1. The van der Waals surface area contributed by atoms with Crippen LogP contribution >= 0.6 is 0 Å². The van der Waals surface area contributed by atoms with Crippen molar-refractivity contribution < 1.29 is 9.72 Å². The van der Waals surface area contributed by atoms with Gasteiger partial charge in [-0.1, -0.05) is 24.3 Å². The van der Waals surface area contributed by atoms with Crippen molar-refractivity contribution in [2.45, 2.75) is 24.9 Å². The van der Waals surface area contributed by atoms with Gasteiger partial charge in [-0.25, -0.2) is 0 Å². The van der Waals surface area contributed by atoms with Gasteiger partial charge in [-0.3, -0.25) is 19.8 Å². The molecule has 2 aromatic carbocycles. The molecule has 0 aromatic heterocycles. The number of para-hydroxylation sites is 1. The van der Waals surface area contributed by atoms with E-state index in [4.69, 9.17) is 0 Å². The summed E-state index contributed by atoms with van der Waals surface area (Å²) in [6.45, 7) is 3.16. The first-order valence-electron chi connectivity index (χ1n) is 9.24. The van der Waals surface area contributed by atoms with E-state index in [1.54, 1.807) is 12.1 Å². The lowest BCUT2D eigenvalue weighted by Crippen LogP contribution is -2.35. The molecule has 1 unspecified atom stereocenters. The van der Waals surface area contributed by atoms with Crippen molar-refractivity contribution in [3.05, 3.63) is 69.8 Å². The lowest BCUT2D eigenvalue weighted by atomic mass is 10.0. The normalized spacial score (nSPS) is 24.2. The Kier molecular flexibility index (Phi) is 4.87. The van der Waals surface area contributed by atoms with E-state index in [1.807, 2.05) is 24.3 Å². The third-order valence-corrected chi connectivity index (χ3v) is 5.47. The van der Waals surface area contributed by atoms with Gasteiger partial charge in [-0.15, -0.1) is 0 Å². The van der Waals surface area contributed by atoms with Gasteiger partial charge in [0.15, 0.2) is 0 Å². The van der Waals surface area contributed by atoms with E-state index in [-0.39, 0.29) is 11.3 Å². The molecule has 2 bridgehead atoms. The Hall–Kier alpha value is -2.77. The van der Waals surface area contributed by atoms with E-state index in [9.17, 15) is 14.9 Å². The lowest BCUT2D eigenvalue weighted by Gasteiger charge is -2.31. The summed E-state index contributed by atoms with van der Waals surface area (Å²) in [5, 5.41) is 17.5. The first kappa shape index (κ1) is 17.6. The number of nitro benzene ring substituents is 1. The summed E-state index contributed by atoms with van der Waals surface area (Å²) in [6.07, 6.45) is 2.39. The SMILES string of the molecule is O=C(Nc1ccc(C2CNC3CCN2CC3)cc1)c1ccccc1[N+](=O)[O-]. The third-order valence-electron chi connectivity index (χ3n) is 5.47. The Balaban J connectivity index is 1.48. The molecule has 3 aliphatic rings. The highest BCUT2D eigenvalue weighted by molar-refractivity contribution is 6.07. The molecule has 140 valence electrons. The molecule has 5 rings (SSSR count). The second-order valence-corrected chi connectivity index (χ2v) is 7.08. The Bertz CT molecular complexity index is 845. The summed E-state index contributed by atoms with van der Waals surface area (Å²) >= 11 is 0. The largest absolute Gasteiger partial charge is 0.322 e. The Morgan fingerprint density at radius 3 is 2.52 bits per heavy atom. The van der Waals surface area contributed by atoms with Gasteiger partial charge >= 0.3 is 0 Å². The van der Waals surface area contributed by atoms with Crippen molar-refractivity contribution in [3.63, 3.8) is 0 Å². The molecule has 0 aliphatic carbocycles. The van der Waals surface area contributed by atoms with Crippen LogP contribution in [0.25, 0.3) is 0 Å². The van der Waals surface area contributed by atoms with Gasteiger partial charge < -0.3 is 10.6 Å². The van der Waals surface area contributed by atoms with E-state index in [0.717, 1.165) is 19.6 Å². The molecule has 7 heteroatoms. The smallest absolute Gasteiger partial charge is 0.282 e. The van der Waals surface area contributed by atoms with Crippen LogP contribution in [0.5, 0.6) is 0 Å². The molecular weight excluding hydrogens is 344 g/mol. The first-order valence-corrected chi connectivity index (χ1v) is 9.24. The van der Waals surface area contributed by atoms with Gasteiger partial charge in [0.25, 0.3) is 11.6 Å². The minimum atomic E-state index is -0.541. The van der Waals surface area contributed by atoms with Crippen LogP contribution in [-0.2, 0) is 0 Å². The maximum atomic E-state index is 12.4. The minimum absolute atomic E-state index is 0.0580. The molecule has 7 nitrogen and oxygen atoms in total. The molecule has 3 heterocycles. The number of rotatable bonds is 4. The number of hydrogen-bond donors (Lipinski definition) is 2. The molecule has 0 saturated carbocycles. The topological polar surface area (TPSA) is 87.5 Å². The van der Waals surface area contributed by atoms with Crippen molar-refractivity contribution in [3.8, 4) is 0 Å². The molecule has 27 heavy (non-hydrogen) atoms. The summed E-state index contributed by atoms with van der Waals surface area (Å²) in [7, 11) is 0. The fourth-order valence-corrected chi connectivity index (χ4v) is 3.96. The molecule has 0 spiro atoms. The fourth-order valence-electron chi connectivity index (χ4n) is 3.96. The zero-order valence-electron chi connectivity index (χ0n) is 14.9. The highest BCUT2D eigenvalue weighted by Gasteiger charge is 2.30. The van der Waals surface area contributed by atoms with Crippen molar-refractivity contribution >= 4 is 17.3 Å². The molecule has 2 N–H and O–H groups in total. The number of nitro groups is 1. The molecule has 1 atom stereocenters. The van der Waals surface area contributed by atoms with Crippen LogP contribution in [0.15, 0.2) is 48.5 Å². The van der Waals surface area contributed by atoms with Crippen LogP contribution in [-0.4, -0.2) is 41.4 Å². The van der Waals surface area contributed by atoms with Gasteiger partial charge in [0.05, 0.1) is 4.92 Å². The molecule has 3 aliphatic heterocycles. The predicted octanol–water partition coefficient (Wildman–Crippen LogP) is 2.96. The standard InChI is InChI=1S/C20H22N4O3/c25-20(17-3-1-2-4-18(17)24(26)27)22-16-7-5-14(6-8-16)19-13-21-15-9-11-23(19)12-10-15/h1-8,15,19,21H,9-13H2,(H,22,25). The highest BCUT2D eigenvalue weighted by Crippen LogP contribution is 2.29. The predicted molar refractivity (Wildman–Crippen MR) is 103 cm³/mol. The Labute approximate surface area is 157 Å². The van der Waals surface area contributed by atoms with Crippen molar-refractivity contribution in [2.75, 3.05) is 25.0 Å². The van der Waals surface area contributed by atoms with Gasteiger partial charge in [-0.05, 0) is 36.6 Å². The second kappa shape index (κ2) is 7.46. The van der Waals surface area contributed by atoms with E-state index in [0.29, 0.717) is 17.8 Å².